The third-order valence-corrected chi connectivity index (χ3v) is 2.49. The van der Waals surface area contributed by atoms with Crippen LogP contribution in [0, 0.1) is 0 Å². The first-order valence-electron chi connectivity index (χ1n) is 5.16. The molecule has 0 aromatic heterocycles. The van der Waals surface area contributed by atoms with Crippen LogP contribution in [0.4, 0.5) is 0 Å². The van der Waals surface area contributed by atoms with E-state index in [1.165, 1.54) is 11.8 Å². The largest absolute Gasteiger partial charge is 0.312 e. The Labute approximate surface area is 106 Å². The number of thioether (sulfide) groups is 1. The van der Waals surface area contributed by atoms with Crippen LogP contribution in [-0.2, 0) is 4.79 Å². The second kappa shape index (κ2) is 9.65. The van der Waals surface area contributed by atoms with Gasteiger partial charge in [0.05, 0.1) is 11.3 Å². The van der Waals surface area contributed by atoms with Crippen molar-refractivity contribution in [2.45, 2.75) is 20.3 Å². The monoisotopic (exact) mass is 254 g/mol. The van der Waals surface area contributed by atoms with Gasteiger partial charge >= 0.3 is 0 Å². The van der Waals surface area contributed by atoms with Crippen LogP contribution in [0.1, 0.15) is 20.3 Å². The number of nitrogens with zero attached hydrogens (tertiary/aromatic N) is 2. The maximum Gasteiger partial charge on any atom is 0.227 e. The summed E-state index contributed by atoms with van der Waals surface area (Å²) in [5.41, 5.74) is 5.81. The van der Waals surface area contributed by atoms with E-state index in [-0.39, 0.29) is 0 Å². The lowest BCUT2D eigenvalue weighted by Gasteiger charge is -2.05. The highest BCUT2D eigenvalue weighted by Gasteiger charge is 2.03. The average Bonchev–Trinajstić information content (AvgIpc) is 2.28. The summed E-state index contributed by atoms with van der Waals surface area (Å²) in [7, 11) is 1.74. The van der Waals surface area contributed by atoms with Crippen molar-refractivity contribution >= 4 is 29.4 Å². The van der Waals surface area contributed by atoms with Crippen LogP contribution in [-0.4, -0.2) is 24.7 Å². The molecule has 0 aromatic carbocycles. The van der Waals surface area contributed by atoms with Gasteiger partial charge in [-0.1, -0.05) is 31.3 Å². The Morgan fingerprint density at radius 1 is 1.53 bits per heavy atom. The molecule has 94 valence electrons. The van der Waals surface area contributed by atoms with Gasteiger partial charge in [-0.3, -0.25) is 4.79 Å². The first-order chi connectivity index (χ1) is 8.15. The molecule has 0 radical (unpaired) electrons. The molecule has 0 aliphatic heterocycles. The summed E-state index contributed by atoms with van der Waals surface area (Å²) < 4.78 is 0. The molecule has 0 aromatic rings. The SMILES string of the molecule is C=C(S/C(C)=N\NC)C(/C=N\NC=O)=C/CC. The van der Waals surface area contributed by atoms with Crippen molar-refractivity contribution in [3.05, 3.63) is 23.1 Å². The summed E-state index contributed by atoms with van der Waals surface area (Å²) in [6, 6.07) is 0. The Kier molecular flexibility index (Phi) is 8.77. The lowest BCUT2D eigenvalue weighted by atomic mass is 10.2. The zero-order valence-corrected chi connectivity index (χ0v) is 11.2. The highest BCUT2D eigenvalue weighted by Crippen LogP contribution is 2.22. The summed E-state index contributed by atoms with van der Waals surface area (Å²) in [6.07, 6.45) is 4.94. The molecule has 0 rings (SSSR count). The van der Waals surface area contributed by atoms with Gasteiger partial charge in [0.1, 0.15) is 0 Å². The first-order valence-corrected chi connectivity index (χ1v) is 5.97. The molecule has 0 aliphatic carbocycles. The molecule has 0 atom stereocenters. The van der Waals surface area contributed by atoms with Gasteiger partial charge in [0, 0.05) is 17.5 Å². The summed E-state index contributed by atoms with van der Waals surface area (Å²) in [5.74, 6) is 0. The topological polar surface area (TPSA) is 65.8 Å². The molecule has 0 heterocycles. The number of allylic oxidation sites excluding steroid dienone is 2. The fraction of sp³-hybridized carbons (Fsp3) is 0.364. The predicted molar refractivity (Wildman–Crippen MR) is 75.0 cm³/mol. The Morgan fingerprint density at radius 2 is 2.24 bits per heavy atom. The summed E-state index contributed by atoms with van der Waals surface area (Å²) >= 11 is 1.45. The van der Waals surface area contributed by atoms with Gasteiger partial charge in [0.15, 0.2) is 0 Å². The van der Waals surface area contributed by atoms with Gasteiger partial charge in [0.2, 0.25) is 6.41 Å². The predicted octanol–water partition coefficient (Wildman–Crippen LogP) is 1.85. The van der Waals surface area contributed by atoms with Crippen molar-refractivity contribution in [2.75, 3.05) is 7.05 Å². The average molecular weight is 254 g/mol. The number of carbonyl (C=O) groups excluding carboxylic acids is 1. The van der Waals surface area contributed by atoms with Crippen LogP contribution >= 0.6 is 11.8 Å². The molecule has 0 aliphatic rings. The van der Waals surface area contributed by atoms with E-state index < -0.39 is 0 Å². The maximum absolute atomic E-state index is 10.1. The van der Waals surface area contributed by atoms with Gasteiger partial charge < -0.3 is 5.43 Å². The Balaban J connectivity index is 4.61. The third kappa shape index (κ3) is 7.35. The highest BCUT2D eigenvalue weighted by molar-refractivity contribution is 8.17. The highest BCUT2D eigenvalue weighted by atomic mass is 32.2. The Morgan fingerprint density at radius 3 is 2.76 bits per heavy atom. The van der Waals surface area contributed by atoms with E-state index in [4.69, 9.17) is 0 Å². The van der Waals surface area contributed by atoms with Gasteiger partial charge in [-0.25, -0.2) is 5.43 Å². The van der Waals surface area contributed by atoms with E-state index >= 15 is 0 Å². The normalized spacial score (nSPS) is 12.6. The maximum atomic E-state index is 10.1. The molecule has 2 N–H and O–H groups in total. The standard InChI is InChI=1S/C11H18N4OS/c1-5-6-11(7-13-14-8-16)9(2)17-10(3)15-12-4/h6-8,12H,2,5H2,1,3-4H3,(H,14,16)/b11-6+,13-7-,15-10-. The third-order valence-electron chi connectivity index (χ3n) is 1.62. The van der Waals surface area contributed by atoms with E-state index in [2.05, 4.69) is 27.6 Å². The van der Waals surface area contributed by atoms with E-state index in [0.717, 1.165) is 21.9 Å². The number of hydrogen-bond acceptors (Lipinski definition) is 5. The van der Waals surface area contributed by atoms with Crippen LogP contribution in [0.15, 0.2) is 33.3 Å². The van der Waals surface area contributed by atoms with E-state index in [0.29, 0.717) is 6.41 Å². The molecule has 1 amide bonds. The van der Waals surface area contributed by atoms with Crippen molar-refractivity contribution in [1.29, 1.82) is 0 Å². The molecule has 0 fully saturated rings. The van der Waals surface area contributed by atoms with Crippen LogP contribution in [0.25, 0.3) is 0 Å². The lowest BCUT2D eigenvalue weighted by molar-refractivity contribution is -0.109. The van der Waals surface area contributed by atoms with E-state index in [1.807, 2.05) is 19.9 Å². The number of rotatable bonds is 7. The first kappa shape index (κ1) is 15.4. The van der Waals surface area contributed by atoms with Crippen molar-refractivity contribution in [3.63, 3.8) is 0 Å². The number of carbonyl (C=O) groups is 1. The molecule has 0 saturated heterocycles. The molecular weight excluding hydrogens is 236 g/mol. The van der Waals surface area contributed by atoms with Crippen molar-refractivity contribution < 1.29 is 4.79 Å². The minimum Gasteiger partial charge on any atom is -0.312 e. The van der Waals surface area contributed by atoms with Gasteiger partial charge in [0.25, 0.3) is 0 Å². The second-order valence-corrected chi connectivity index (χ2v) is 4.24. The number of hydrogen-bond donors (Lipinski definition) is 2. The Bertz CT molecular complexity index is 347. The zero-order valence-electron chi connectivity index (χ0n) is 10.4. The molecule has 0 saturated carbocycles. The van der Waals surface area contributed by atoms with Crippen LogP contribution in [0.3, 0.4) is 0 Å². The van der Waals surface area contributed by atoms with Crippen LogP contribution < -0.4 is 10.9 Å². The minimum atomic E-state index is 0.518. The number of nitrogens with one attached hydrogen (secondary N) is 2. The summed E-state index contributed by atoms with van der Waals surface area (Å²) in [5, 5.41) is 8.63. The second-order valence-electron chi connectivity index (χ2n) is 2.95. The molecule has 0 bridgehead atoms. The molecule has 17 heavy (non-hydrogen) atoms. The summed E-state index contributed by atoms with van der Waals surface area (Å²) in [6.45, 7) is 7.86. The molecular formula is C11H18N4OS. The summed E-state index contributed by atoms with van der Waals surface area (Å²) in [4.78, 5) is 10.9. The van der Waals surface area contributed by atoms with Crippen molar-refractivity contribution in [1.82, 2.24) is 10.9 Å². The van der Waals surface area contributed by atoms with Crippen LogP contribution in [0.2, 0.25) is 0 Å². The number of amides is 1. The molecule has 6 heteroatoms. The lowest BCUT2D eigenvalue weighted by Crippen LogP contribution is -2.02. The number of hydrazone groups is 2. The fourth-order valence-corrected chi connectivity index (χ4v) is 1.76. The quantitative estimate of drug-likeness (QED) is 0.239. The van der Waals surface area contributed by atoms with E-state index in [1.54, 1.807) is 13.3 Å². The van der Waals surface area contributed by atoms with Crippen molar-refractivity contribution in [2.24, 2.45) is 10.2 Å². The molecule has 0 unspecified atom stereocenters. The molecule has 5 nitrogen and oxygen atoms in total. The Hall–Kier alpha value is -1.56. The van der Waals surface area contributed by atoms with Gasteiger partial charge in [-0.05, 0) is 13.3 Å². The van der Waals surface area contributed by atoms with Crippen molar-refractivity contribution in [3.8, 4) is 0 Å². The van der Waals surface area contributed by atoms with Gasteiger partial charge in [-0.2, -0.15) is 10.2 Å². The van der Waals surface area contributed by atoms with E-state index in [9.17, 15) is 4.79 Å². The molecule has 0 spiro atoms. The zero-order chi connectivity index (χ0) is 13.1. The minimum absolute atomic E-state index is 0.518. The fourth-order valence-electron chi connectivity index (χ4n) is 1.01. The van der Waals surface area contributed by atoms with Crippen LogP contribution in [0.5, 0.6) is 0 Å². The van der Waals surface area contributed by atoms with Gasteiger partial charge in [-0.15, -0.1) is 0 Å². The smallest absolute Gasteiger partial charge is 0.227 e.